The van der Waals surface area contributed by atoms with Gasteiger partial charge in [-0.15, -0.1) is 0 Å². The van der Waals surface area contributed by atoms with Crippen LogP contribution in [0.5, 0.6) is 11.5 Å². The van der Waals surface area contributed by atoms with Crippen LogP contribution in [0.2, 0.25) is 0 Å². The van der Waals surface area contributed by atoms with Crippen molar-refractivity contribution in [3.63, 3.8) is 0 Å². The molecule has 0 radical (unpaired) electrons. The van der Waals surface area contributed by atoms with Crippen molar-refractivity contribution < 1.29 is 19.4 Å². The SMILES string of the molecule is COc1ccc2c(c1)O[C@@]1(C)C[C@H]2/C(=C(\C)O)C(=O)N1. The first-order chi connectivity index (χ1) is 9.43. The van der Waals surface area contributed by atoms with E-state index < -0.39 is 5.72 Å². The van der Waals surface area contributed by atoms with Crippen LogP contribution in [0.15, 0.2) is 29.5 Å². The lowest BCUT2D eigenvalue weighted by atomic mass is 9.78. The topological polar surface area (TPSA) is 67.8 Å². The van der Waals surface area contributed by atoms with E-state index in [0.717, 1.165) is 5.56 Å². The maximum atomic E-state index is 12.2. The molecule has 3 rings (SSSR count). The second kappa shape index (κ2) is 4.16. The first-order valence-electron chi connectivity index (χ1n) is 6.53. The van der Waals surface area contributed by atoms with Crippen LogP contribution in [-0.4, -0.2) is 23.8 Å². The highest BCUT2D eigenvalue weighted by Crippen LogP contribution is 2.47. The summed E-state index contributed by atoms with van der Waals surface area (Å²) in [5.41, 5.74) is 0.568. The summed E-state index contributed by atoms with van der Waals surface area (Å²) in [6, 6.07) is 5.53. The minimum absolute atomic E-state index is 0.0539. The van der Waals surface area contributed by atoms with Gasteiger partial charge in [-0.05, 0) is 19.9 Å². The van der Waals surface area contributed by atoms with Crippen LogP contribution in [0, 0.1) is 0 Å². The first-order valence-corrected chi connectivity index (χ1v) is 6.53. The number of rotatable bonds is 1. The fraction of sp³-hybridized carbons (Fsp3) is 0.400. The monoisotopic (exact) mass is 275 g/mol. The molecule has 2 aliphatic heterocycles. The fourth-order valence-corrected chi connectivity index (χ4v) is 3.02. The van der Waals surface area contributed by atoms with Crippen molar-refractivity contribution in [3.8, 4) is 11.5 Å². The van der Waals surface area contributed by atoms with Crippen LogP contribution in [0.1, 0.15) is 31.7 Å². The van der Waals surface area contributed by atoms with Gasteiger partial charge in [0, 0.05) is 24.0 Å². The highest BCUT2D eigenvalue weighted by Gasteiger charge is 2.47. The molecule has 106 valence electrons. The number of amides is 1. The van der Waals surface area contributed by atoms with Gasteiger partial charge in [-0.3, -0.25) is 4.79 Å². The molecular weight excluding hydrogens is 258 g/mol. The Hall–Kier alpha value is -2.17. The summed E-state index contributed by atoms with van der Waals surface area (Å²) < 4.78 is 11.1. The Morgan fingerprint density at radius 2 is 2.30 bits per heavy atom. The molecule has 20 heavy (non-hydrogen) atoms. The Bertz CT molecular complexity index is 618. The van der Waals surface area contributed by atoms with Gasteiger partial charge < -0.3 is 19.9 Å². The van der Waals surface area contributed by atoms with Gasteiger partial charge in [0.2, 0.25) is 0 Å². The molecule has 2 N–H and O–H groups in total. The molecule has 1 aromatic rings. The van der Waals surface area contributed by atoms with Gasteiger partial charge in [-0.2, -0.15) is 0 Å². The molecule has 0 unspecified atom stereocenters. The summed E-state index contributed by atoms with van der Waals surface area (Å²) in [6.45, 7) is 3.38. The Morgan fingerprint density at radius 3 is 2.95 bits per heavy atom. The van der Waals surface area contributed by atoms with E-state index in [4.69, 9.17) is 9.47 Å². The molecular formula is C15H17NO4. The van der Waals surface area contributed by atoms with Crippen molar-refractivity contribution >= 4 is 5.91 Å². The normalized spacial score (nSPS) is 29.9. The lowest BCUT2D eigenvalue weighted by Crippen LogP contribution is -2.58. The number of hydrogen-bond acceptors (Lipinski definition) is 4. The van der Waals surface area contributed by atoms with Crippen molar-refractivity contribution in [2.24, 2.45) is 0 Å². The Balaban J connectivity index is 2.17. The van der Waals surface area contributed by atoms with Crippen LogP contribution in [0.4, 0.5) is 0 Å². The molecule has 1 fully saturated rings. The molecule has 2 bridgehead atoms. The molecule has 5 heteroatoms. The average Bonchev–Trinajstić information content (AvgIpc) is 2.35. The number of fused-ring (bicyclic) bond motifs is 4. The van der Waals surface area contributed by atoms with Crippen LogP contribution >= 0.6 is 0 Å². The number of nitrogens with one attached hydrogen (secondary N) is 1. The fourth-order valence-electron chi connectivity index (χ4n) is 3.02. The van der Waals surface area contributed by atoms with E-state index in [2.05, 4.69) is 5.32 Å². The number of benzene rings is 1. The molecule has 1 aromatic carbocycles. The zero-order valence-electron chi connectivity index (χ0n) is 11.7. The summed E-state index contributed by atoms with van der Waals surface area (Å²) in [5, 5.41) is 12.6. The van der Waals surface area contributed by atoms with Gasteiger partial charge in [0.15, 0.2) is 5.72 Å². The number of piperidine rings is 1. The molecule has 5 nitrogen and oxygen atoms in total. The predicted octanol–water partition coefficient (Wildman–Crippen LogP) is 2.24. The van der Waals surface area contributed by atoms with Gasteiger partial charge in [-0.1, -0.05) is 6.07 Å². The molecule has 0 aliphatic carbocycles. The zero-order chi connectivity index (χ0) is 14.5. The van der Waals surface area contributed by atoms with Crippen molar-refractivity contribution in [1.82, 2.24) is 5.32 Å². The maximum absolute atomic E-state index is 12.2. The van der Waals surface area contributed by atoms with Crippen molar-refractivity contribution in [1.29, 1.82) is 0 Å². The van der Waals surface area contributed by atoms with Gasteiger partial charge in [0.1, 0.15) is 11.5 Å². The summed E-state index contributed by atoms with van der Waals surface area (Å²) in [4.78, 5) is 12.2. The van der Waals surface area contributed by atoms with Crippen molar-refractivity contribution in [3.05, 3.63) is 35.1 Å². The lowest BCUT2D eigenvalue weighted by molar-refractivity contribution is -0.127. The number of hydrogen-bond donors (Lipinski definition) is 2. The van der Waals surface area contributed by atoms with Crippen LogP contribution in [0.3, 0.4) is 0 Å². The minimum Gasteiger partial charge on any atom is -0.512 e. The summed E-state index contributed by atoms with van der Waals surface area (Å²) in [5.74, 6) is 1.00. The number of aliphatic hydroxyl groups excluding tert-OH is 1. The van der Waals surface area contributed by atoms with Crippen LogP contribution in [0.25, 0.3) is 0 Å². The number of allylic oxidation sites excluding steroid dienone is 1. The second-order valence-electron chi connectivity index (χ2n) is 5.45. The number of carbonyl (C=O) groups excluding carboxylic acids is 1. The summed E-state index contributed by atoms with van der Waals surface area (Å²) in [6.07, 6.45) is 0.602. The predicted molar refractivity (Wildman–Crippen MR) is 72.9 cm³/mol. The van der Waals surface area contributed by atoms with E-state index in [1.54, 1.807) is 7.11 Å². The number of ether oxygens (including phenoxy) is 2. The van der Waals surface area contributed by atoms with Gasteiger partial charge >= 0.3 is 0 Å². The van der Waals surface area contributed by atoms with Crippen molar-refractivity contribution in [2.45, 2.75) is 31.9 Å². The maximum Gasteiger partial charge on any atom is 0.254 e. The summed E-state index contributed by atoms with van der Waals surface area (Å²) >= 11 is 0. The van der Waals surface area contributed by atoms with Crippen LogP contribution in [-0.2, 0) is 4.79 Å². The molecule has 2 aliphatic rings. The van der Waals surface area contributed by atoms with E-state index in [1.807, 2.05) is 25.1 Å². The quantitative estimate of drug-likeness (QED) is 0.609. The van der Waals surface area contributed by atoms with Gasteiger partial charge in [-0.25, -0.2) is 0 Å². The lowest BCUT2D eigenvalue weighted by Gasteiger charge is -2.45. The number of carbonyl (C=O) groups is 1. The number of aliphatic hydroxyl groups is 1. The smallest absolute Gasteiger partial charge is 0.254 e. The third-order valence-electron chi connectivity index (χ3n) is 3.89. The largest absolute Gasteiger partial charge is 0.512 e. The van der Waals surface area contributed by atoms with E-state index in [-0.39, 0.29) is 17.6 Å². The Labute approximate surface area is 117 Å². The van der Waals surface area contributed by atoms with E-state index in [0.29, 0.717) is 23.5 Å². The Kier molecular flexibility index (Phi) is 2.67. The zero-order valence-corrected chi connectivity index (χ0v) is 11.7. The second-order valence-corrected chi connectivity index (χ2v) is 5.45. The van der Waals surface area contributed by atoms with Gasteiger partial charge in [0.05, 0.1) is 18.4 Å². The minimum atomic E-state index is -0.750. The van der Waals surface area contributed by atoms with Gasteiger partial charge in [0.25, 0.3) is 5.91 Å². The highest BCUT2D eigenvalue weighted by molar-refractivity contribution is 5.97. The molecule has 0 saturated carbocycles. The van der Waals surface area contributed by atoms with Crippen molar-refractivity contribution in [2.75, 3.05) is 7.11 Å². The third-order valence-corrected chi connectivity index (χ3v) is 3.89. The third kappa shape index (κ3) is 1.81. The van der Waals surface area contributed by atoms with E-state index >= 15 is 0 Å². The van der Waals surface area contributed by atoms with Crippen LogP contribution < -0.4 is 14.8 Å². The standard InChI is InChI=1S/C15H17NO4/c1-8(17)13-11-7-15(2,16-14(13)18)20-12-6-9(19-3)4-5-10(11)12/h4-6,11,17H,7H2,1-3H3,(H,16,18)/b13-8-/t11-,15+/m1/s1. The molecule has 1 amide bonds. The first kappa shape index (κ1) is 12.8. The highest BCUT2D eigenvalue weighted by atomic mass is 16.5. The van der Waals surface area contributed by atoms with E-state index in [9.17, 15) is 9.90 Å². The summed E-state index contributed by atoms with van der Waals surface area (Å²) in [7, 11) is 1.60. The molecule has 2 heterocycles. The molecule has 2 atom stereocenters. The Morgan fingerprint density at radius 1 is 1.55 bits per heavy atom. The molecule has 0 aromatic heterocycles. The molecule has 1 saturated heterocycles. The van der Waals surface area contributed by atoms with E-state index in [1.165, 1.54) is 6.92 Å². The molecule has 0 spiro atoms. The number of methoxy groups -OCH3 is 1. The average molecular weight is 275 g/mol.